The first-order chi connectivity index (χ1) is 9.42. The summed E-state index contributed by atoms with van der Waals surface area (Å²) < 4.78 is 4.69. The summed E-state index contributed by atoms with van der Waals surface area (Å²) >= 11 is 0. The van der Waals surface area contributed by atoms with E-state index in [9.17, 15) is 14.7 Å². The Balaban J connectivity index is 2.64. The van der Waals surface area contributed by atoms with Gasteiger partial charge in [-0.2, -0.15) is 0 Å². The molecule has 1 amide bonds. The van der Waals surface area contributed by atoms with Crippen LogP contribution in [0.15, 0.2) is 24.3 Å². The number of phenolic OH excluding ortho intramolecular Hbond substituents is 1. The molecule has 0 aliphatic carbocycles. The van der Waals surface area contributed by atoms with Crippen molar-refractivity contribution in [2.75, 3.05) is 7.11 Å². The van der Waals surface area contributed by atoms with E-state index in [0.717, 1.165) is 0 Å². The normalized spacial score (nSPS) is 12.0. The van der Waals surface area contributed by atoms with Gasteiger partial charge in [0.05, 0.1) is 13.5 Å². The fourth-order valence-corrected chi connectivity index (χ4v) is 1.92. The van der Waals surface area contributed by atoms with E-state index in [-0.39, 0.29) is 24.0 Å². The van der Waals surface area contributed by atoms with E-state index in [1.807, 2.05) is 13.8 Å². The zero-order chi connectivity index (χ0) is 15.1. The maximum atomic E-state index is 11.9. The van der Waals surface area contributed by atoms with Crippen LogP contribution >= 0.6 is 0 Å². The molecule has 0 heterocycles. The van der Waals surface area contributed by atoms with E-state index in [0.29, 0.717) is 12.0 Å². The average Bonchev–Trinajstić information content (AvgIpc) is 2.36. The monoisotopic (exact) mass is 279 g/mol. The number of ether oxygens (including phenoxy) is 1. The lowest BCUT2D eigenvalue weighted by atomic mass is 10.0. The molecular weight excluding hydrogens is 258 g/mol. The molecule has 0 spiro atoms. The van der Waals surface area contributed by atoms with Crippen LogP contribution in [0.5, 0.6) is 5.75 Å². The van der Waals surface area contributed by atoms with Crippen LogP contribution in [0.2, 0.25) is 0 Å². The van der Waals surface area contributed by atoms with Crippen LogP contribution in [-0.2, 0) is 20.7 Å². The van der Waals surface area contributed by atoms with Crippen LogP contribution < -0.4 is 5.32 Å². The number of amides is 1. The predicted molar refractivity (Wildman–Crippen MR) is 75.2 cm³/mol. The van der Waals surface area contributed by atoms with Gasteiger partial charge in [0, 0.05) is 0 Å². The van der Waals surface area contributed by atoms with E-state index < -0.39 is 12.0 Å². The van der Waals surface area contributed by atoms with Crippen molar-refractivity contribution < 1.29 is 19.4 Å². The smallest absolute Gasteiger partial charge is 0.328 e. The highest BCUT2D eigenvalue weighted by molar-refractivity contribution is 5.85. The van der Waals surface area contributed by atoms with Gasteiger partial charge in [0.2, 0.25) is 5.91 Å². The molecule has 0 aromatic heterocycles. The van der Waals surface area contributed by atoms with Crippen molar-refractivity contribution in [3.8, 4) is 5.75 Å². The molecule has 0 bridgehead atoms. The summed E-state index contributed by atoms with van der Waals surface area (Å²) in [5.41, 5.74) is 0.690. The van der Waals surface area contributed by atoms with Gasteiger partial charge < -0.3 is 15.2 Å². The topological polar surface area (TPSA) is 75.6 Å². The molecule has 1 unspecified atom stereocenters. The van der Waals surface area contributed by atoms with Crippen LogP contribution in [0.25, 0.3) is 0 Å². The SMILES string of the molecule is COC(=O)C(CC(C)C)NC(=O)Cc1cccc(O)c1. The molecule has 2 N–H and O–H groups in total. The van der Waals surface area contributed by atoms with Crippen LogP contribution in [0, 0.1) is 5.92 Å². The molecule has 0 saturated carbocycles. The standard InChI is InChI=1S/C15H21NO4/c1-10(2)7-13(15(19)20-3)16-14(18)9-11-5-4-6-12(17)8-11/h4-6,8,10,13,17H,7,9H2,1-3H3,(H,16,18). The fraction of sp³-hybridized carbons (Fsp3) is 0.467. The minimum absolute atomic E-state index is 0.111. The van der Waals surface area contributed by atoms with Gasteiger partial charge in [-0.05, 0) is 30.0 Å². The average molecular weight is 279 g/mol. The zero-order valence-corrected chi connectivity index (χ0v) is 12.1. The molecule has 1 rings (SSSR count). The van der Waals surface area contributed by atoms with Crippen molar-refractivity contribution in [2.45, 2.75) is 32.7 Å². The number of esters is 1. The van der Waals surface area contributed by atoms with E-state index in [2.05, 4.69) is 10.1 Å². The van der Waals surface area contributed by atoms with Gasteiger partial charge in [0.25, 0.3) is 0 Å². The molecule has 1 atom stereocenters. The lowest BCUT2D eigenvalue weighted by Crippen LogP contribution is -2.43. The highest BCUT2D eigenvalue weighted by Crippen LogP contribution is 2.12. The van der Waals surface area contributed by atoms with Crippen molar-refractivity contribution in [1.82, 2.24) is 5.32 Å². The third kappa shape index (κ3) is 5.30. The minimum Gasteiger partial charge on any atom is -0.508 e. The predicted octanol–water partition coefficient (Wildman–Crippen LogP) is 1.64. The van der Waals surface area contributed by atoms with E-state index in [1.54, 1.807) is 12.1 Å². The molecule has 1 aromatic carbocycles. The van der Waals surface area contributed by atoms with Crippen LogP contribution in [-0.4, -0.2) is 30.1 Å². The summed E-state index contributed by atoms with van der Waals surface area (Å²) in [6.07, 6.45) is 0.637. The van der Waals surface area contributed by atoms with Crippen molar-refractivity contribution in [3.05, 3.63) is 29.8 Å². The maximum absolute atomic E-state index is 11.9. The Bertz CT molecular complexity index is 471. The van der Waals surface area contributed by atoms with Gasteiger partial charge in [-0.15, -0.1) is 0 Å². The largest absolute Gasteiger partial charge is 0.508 e. The van der Waals surface area contributed by atoms with Gasteiger partial charge in [-0.25, -0.2) is 4.79 Å². The number of benzene rings is 1. The molecule has 110 valence electrons. The Morgan fingerprint density at radius 3 is 2.60 bits per heavy atom. The number of rotatable bonds is 6. The number of carbonyl (C=O) groups is 2. The number of phenols is 1. The first-order valence-electron chi connectivity index (χ1n) is 6.57. The molecule has 5 nitrogen and oxygen atoms in total. The Kier molecular flexibility index (Phi) is 6.03. The lowest BCUT2D eigenvalue weighted by Gasteiger charge is -2.18. The summed E-state index contributed by atoms with van der Waals surface area (Å²) in [6, 6.07) is 5.84. The molecular formula is C15H21NO4. The van der Waals surface area contributed by atoms with E-state index >= 15 is 0 Å². The van der Waals surface area contributed by atoms with Gasteiger partial charge >= 0.3 is 5.97 Å². The molecule has 1 aromatic rings. The second-order valence-corrected chi connectivity index (χ2v) is 5.12. The quantitative estimate of drug-likeness (QED) is 0.776. The number of carbonyl (C=O) groups excluding carboxylic acids is 2. The Hall–Kier alpha value is -2.04. The van der Waals surface area contributed by atoms with Crippen LogP contribution in [0.3, 0.4) is 0 Å². The van der Waals surface area contributed by atoms with Crippen LogP contribution in [0.4, 0.5) is 0 Å². The molecule has 0 saturated heterocycles. The highest BCUT2D eigenvalue weighted by Gasteiger charge is 2.22. The lowest BCUT2D eigenvalue weighted by molar-refractivity contribution is -0.145. The number of aromatic hydroxyl groups is 1. The van der Waals surface area contributed by atoms with E-state index in [4.69, 9.17) is 0 Å². The minimum atomic E-state index is -0.634. The van der Waals surface area contributed by atoms with Crippen molar-refractivity contribution >= 4 is 11.9 Å². The van der Waals surface area contributed by atoms with Gasteiger partial charge in [0.15, 0.2) is 0 Å². The third-order valence-corrected chi connectivity index (χ3v) is 2.80. The molecule has 0 radical (unpaired) electrons. The van der Waals surface area contributed by atoms with Gasteiger partial charge in [0.1, 0.15) is 11.8 Å². The Morgan fingerprint density at radius 2 is 2.05 bits per heavy atom. The Morgan fingerprint density at radius 1 is 1.35 bits per heavy atom. The maximum Gasteiger partial charge on any atom is 0.328 e. The number of hydrogen-bond donors (Lipinski definition) is 2. The summed E-state index contributed by atoms with van der Waals surface area (Å²) in [5.74, 6) is -0.336. The summed E-state index contributed by atoms with van der Waals surface area (Å²) in [7, 11) is 1.30. The second kappa shape index (κ2) is 7.53. The molecule has 5 heteroatoms. The van der Waals surface area contributed by atoms with Crippen molar-refractivity contribution in [1.29, 1.82) is 0 Å². The van der Waals surface area contributed by atoms with Gasteiger partial charge in [-0.1, -0.05) is 26.0 Å². The van der Waals surface area contributed by atoms with Crippen molar-refractivity contribution in [2.24, 2.45) is 5.92 Å². The molecule has 0 fully saturated rings. The van der Waals surface area contributed by atoms with Gasteiger partial charge in [-0.3, -0.25) is 4.79 Å². The molecule has 0 aliphatic rings. The van der Waals surface area contributed by atoms with Crippen molar-refractivity contribution in [3.63, 3.8) is 0 Å². The highest BCUT2D eigenvalue weighted by atomic mass is 16.5. The summed E-state index contributed by atoms with van der Waals surface area (Å²) in [4.78, 5) is 23.5. The summed E-state index contributed by atoms with van der Waals surface area (Å²) in [5, 5.41) is 12.0. The van der Waals surface area contributed by atoms with E-state index in [1.165, 1.54) is 19.2 Å². The molecule has 0 aliphatic heterocycles. The number of methoxy groups -OCH3 is 1. The number of nitrogens with one attached hydrogen (secondary N) is 1. The summed E-state index contributed by atoms with van der Waals surface area (Å²) in [6.45, 7) is 3.94. The Labute approximate surface area is 118 Å². The number of hydrogen-bond acceptors (Lipinski definition) is 4. The first kappa shape index (κ1) is 16.0. The third-order valence-electron chi connectivity index (χ3n) is 2.80. The second-order valence-electron chi connectivity index (χ2n) is 5.12. The van der Waals surface area contributed by atoms with Crippen LogP contribution in [0.1, 0.15) is 25.8 Å². The fourth-order valence-electron chi connectivity index (χ4n) is 1.92. The molecule has 20 heavy (non-hydrogen) atoms. The first-order valence-corrected chi connectivity index (χ1v) is 6.57. The zero-order valence-electron chi connectivity index (χ0n) is 12.1.